The fourth-order valence-electron chi connectivity index (χ4n) is 1.20. The molecule has 0 nitrogen and oxygen atoms in total. The maximum atomic E-state index is 7.49. The van der Waals surface area contributed by atoms with Crippen LogP contribution in [0, 0.1) is 0 Å². The predicted octanol–water partition coefficient (Wildman–Crippen LogP) is 3.35. The third kappa shape index (κ3) is 1.37. The molecule has 0 fully saturated rings. The van der Waals surface area contributed by atoms with Gasteiger partial charge in [0.1, 0.15) is 0 Å². The average Bonchev–Trinajstić information content (AvgIpc) is 2.19. The summed E-state index contributed by atoms with van der Waals surface area (Å²) in [7, 11) is 0. The summed E-state index contributed by atoms with van der Waals surface area (Å²) in [6, 6.07) is 18.2. The summed E-state index contributed by atoms with van der Waals surface area (Å²) < 4.78 is 7.49. The Kier molecular flexibility index (Phi) is 1.62. The lowest BCUT2D eigenvalue weighted by Gasteiger charge is -1.98. The summed E-state index contributed by atoms with van der Waals surface area (Å²) in [5.41, 5.74) is 2.27. The quantitative estimate of drug-likeness (QED) is 0.592. The van der Waals surface area contributed by atoms with Crippen molar-refractivity contribution < 1.29 is 1.37 Å². The van der Waals surface area contributed by atoms with E-state index in [0.717, 1.165) is 11.1 Å². The molecule has 0 radical (unpaired) electrons. The van der Waals surface area contributed by atoms with Crippen molar-refractivity contribution in [1.82, 2.24) is 0 Å². The molecular weight excluding hydrogens is 144 g/mol. The van der Waals surface area contributed by atoms with Crippen LogP contribution in [0.2, 0.25) is 0 Å². The molecule has 0 aliphatic heterocycles. The predicted molar refractivity (Wildman–Crippen MR) is 51.9 cm³/mol. The third-order valence-corrected chi connectivity index (χ3v) is 1.81. The Labute approximate surface area is 73.9 Å². The number of hydrogen-bond donors (Lipinski definition) is 0. The molecule has 2 aromatic rings. The molecule has 0 heterocycles. The zero-order valence-corrected chi connectivity index (χ0v) is 6.70. The maximum Gasteiger partial charge on any atom is 0.0623 e. The monoisotopic (exact) mass is 155 g/mol. The van der Waals surface area contributed by atoms with Crippen molar-refractivity contribution in [2.45, 2.75) is 0 Å². The van der Waals surface area contributed by atoms with Gasteiger partial charge in [-0.25, -0.2) is 0 Å². The maximum absolute atomic E-state index is 7.49. The van der Waals surface area contributed by atoms with E-state index in [1.54, 1.807) is 6.07 Å². The Bertz CT molecular complexity index is 393. The molecule has 58 valence electrons. The van der Waals surface area contributed by atoms with Crippen molar-refractivity contribution in [3.05, 3.63) is 60.6 Å². The molecule has 0 aromatic heterocycles. The van der Waals surface area contributed by atoms with Gasteiger partial charge >= 0.3 is 0 Å². The van der Waals surface area contributed by atoms with E-state index in [-0.39, 0.29) is 0 Å². The van der Waals surface area contributed by atoms with Gasteiger partial charge in [-0.15, -0.1) is 0 Å². The van der Waals surface area contributed by atoms with Crippen molar-refractivity contribution in [2.24, 2.45) is 0 Å². The molecule has 2 aromatic carbocycles. The van der Waals surface area contributed by atoms with E-state index in [1.165, 1.54) is 0 Å². The highest BCUT2D eigenvalue weighted by atomic mass is 14.0. The van der Waals surface area contributed by atoms with Crippen molar-refractivity contribution in [2.75, 3.05) is 0 Å². The second kappa shape index (κ2) is 3.22. The van der Waals surface area contributed by atoms with Gasteiger partial charge in [-0.2, -0.15) is 0 Å². The smallest absolute Gasteiger partial charge is 0.0622 e. The first-order valence-corrected chi connectivity index (χ1v) is 3.98. The molecular formula is C12H10. The van der Waals surface area contributed by atoms with E-state index >= 15 is 0 Å². The lowest BCUT2D eigenvalue weighted by atomic mass is 10.1. The van der Waals surface area contributed by atoms with Crippen LogP contribution in [0.25, 0.3) is 11.1 Å². The molecule has 0 aliphatic rings. The van der Waals surface area contributed by atoms with Gasteiger partial charge < -0.3 is 0 Å². The zero-order chi connectivity index (χ0) is 9.10. The average molecular weight is 155 g/mol. The van der Waals surface area contributed by atoms with E-state index in [1.807, 2.05) is 36.4 Å². The summed E-state index contributed by atoms with van der Waals surface area (Å²) in [5, 5.41) is 0. The Balaban J connectivity index is 2.48. The summed E-state index contributed by atoms with van der Waals surface area (Å²) in [5.74, 6) is 0. The van der Waals surface area contributed by atoms with E-state index in [2.05, 4.69) is 12.1 Å². The Morgan fingerprint density at radius 2 is 1.25 bits per heavy atom. The van der Waals surface area contributed by atoms with Crippen molar-refractivity contribution in [3.8, 4) is 11.1 Å². The molecule has 0 saturated carbocycles. The molecule has 12 heavy (non-hydrogen) atoms. The molecule has 0 amide bonds. The van der Waals surface area contributed by atoms with Crippen molar-refractivity contribution in [3.63, 3.8) is 0 Å². The van der Waals surface area contributed by atoms with Crippen molar-refractivity contribution in [1.29, 1.82) is 0 Å². The van der Waals surface area contributed by atoms with Crippen LogP contribution in [0.4, 0.5) is 0 Å². The largest absolute Gasteiger partial charge is 0.0623 e. The standard InChI is InChI=1S/C12H10/c1-3-7-11(8-4-1)12-9-5-2-6-10-12/h1-10H/i3D. The zero-order valence-electron chi connectivity index (χ0n) is 7.70. The van der Waals surface area contributed by atoms with Crippen LogP contribution in [0.5, 0.6) is 0 Å². The lowest BCUT2D eigenvalue weighted by molar-refractivity contribution is 1.62. The molecule has 0 aliphatic carbocycles. The SMILES string of the molecule is [2H]c1cccc(-c2ccccc2)c1. The summed E-state index contributed by atoms with van der Waals surface area (Å²) >= 11 is 0. The fraction of sp³-hybridized carbons (Fsp3) is 0. The molecule has 0 unspecified atom stereocenters. The van der Waals surface area contributed by atoms with E-state index in [9.17, 15) is 0 Å². The molecule has 0 N–H and O–H groups in total. The topological polar surface area (TPSA) is 0 Å². The first-order valence-electron chi connectivity index (χ1n) is 4.48. The van der Waals surface area contributed by atoms with Crippen LogP contribution in [0.3, 0.4) is 0 Å². The van der Waals surface area contributed by atoms with Crippen LogP contribution in [0.1, 0.15) is 1.37 Å². The number of benzene rings is 2. The lowest BCUT2D eigenvalue weighted by Crippen LogP contribution is -1.73. The molecule has 0 heteroatoms. The molecule has 0 saturated heterocycles. The van der Waals surface area contributed by atoms with Crippen molar-refractivity contribution >= 4 is 0 Å². The highest BCUT2D eigenvalue weighted by Crippen LogP contribution is 2.17. The van der Waals surface area contributed by atoms with Gasteiger partial charge in [-0.1, -0.05) is 60.6 Å². The highest BCUT2D eigenvalue weighted by Gasteiger charge is 1.91. The van der Waals surface area contributed by atoms with Crippen LogP contribution in [0.15, 0.2) is 60.6 Å². The fourth-order valence-corrected chi connectivity index (χ4v) is 1.20. The van der Waals surface area contributed by atoms with Gasteiger partial charge in [0.05, 0.1) is 1.37 Å². The molecule has 0 atom stereocenters. The van der Waals surface area contributed by atoms with Crippen LogP contribution < -0.4 is 0 Å². The van der Waals surface area contributed by atoms with Crippen LogP contribution in [-0.4, -0.2) is 0 Å². The van der Waals surface area contributed by atoms with Gasteiger partial charge in [-0.3, -0.25) is 0 Å². The number of hydrogen-bond acceptors (Lipinski definition) is 0. The molecule has 2 rings (SSSR count). The second-order valence-corrected chi connectivity index (χ2v) is 2.66. The third-order valence-electron chi connectivity index (χ3n) is 1.81. The molecule has 0 spiro atoms. The summed E-state index contributed by atoms with van der Waals surface area (Å²) in [6.07, 6.45) is 0. The summed E-state index contributed by atoms with van der Waals surface area (Å²) in [4.78, 5) is 0. The van der Waals surface area contributed by atoms with E-state index < -0.39 is 0 Å². The number of rotatable bonds is 1. The minimum Gasteiger partial charge on any atom is -0.0622 e. The van der Waals surface area contributed by atoms with E-state index in [0.29, 0.717) is 6.04 Å². The van der Waals surface area contributed by atoms with Gasteiger partial charge in [0.2, 0.25) is 0 Å². The minimum atomic E-state index is 0.557. The molecule has 0 bridgehead atoms. The van der Waals surface area contributed by atoms with Gasteiger partial charge in [0, 0.05) is 0 Å². The normalized spacial score (nSPS) is 10.8. The highest BCUT2D eigenvalue weighted by molar-refractivity contribution is 5.62. The van der Waals surface area contributed by atoms with E-state index in [4.69, 9.17) is 1.37 Å². The first kappa shape index (κ1) is 6.01. The van der Waals surface area contributed by atoms with Gasteiger partial charge in [0.15, 0.2) is 0 Å². The van der Waals surface area contributed by atoms with Crippen LogP contribution in [-0.2, 0) is 0 Å². The Morgan fingerprint density at radius 3 is 1.92 bits per heavy atom. The Hall–Kier alpha value is -1.56. The van der Waals surface area contributed by atoms with Crippen LogP contribution >= 0.6 is 0 Å². The van der Waals surface area contributed by atoms with Gasteiger partial charge in [-0.05, 0) is 11.1 Å². The van der Waals surface area contributed by atoms with Gasteiger partial charge in [0.25, 0.3) is 0 Å². The minimum absolute atomic E-state index is 0.557. The summed E-state index contributed by atoms with van der Waals surface area (Å²) in [6.45, 7) is 0. The second-order valence-electron chi connectivity index (χ2n) is 2.66. The Morgan fingerprint density at radius 1 is 0.667 bits per heavy atom. The first-order chi connectivity index (χ1) is 6.36.